The zero-order valence-corrected chi connectivity index (χ0v) is 8.29. The summed E-state index contributed by atoms with van der Waals surface area (Å²) in [5.41, 5.74) is 0. The maximum atomic E-state index is 11.2. The van der Waals surface area contributed by atoms with Crippen LogP contribution in [0.4, 0.5) is 0 Å². The molecule has 12 heavy (non-hydrogen) atoms. The molecule has 0 saturated carbocycles. The van der Waals surface area contributed by atoms with E-state index < -0.39 is 7.14 Å². The van der Waals surface area contributed by atoms with Gasteiger partial charge in [0.05, 0.1) is 7.14 Å². The summed E-state index contributed by atoms with van der Waals surface area (Å²) in [6.45, 7) is 5.94. The smallest absolute Gasteiger partial charge is 0.0819 e. The average molecular weight is 194 g/mol. The highest BCUT2D eigenvalue weighted by Crippen LogP contribution is 2.36. The molecule has 0 aliphatic heterocycles. The molecule has 0 aliphatic rings. The molecule has 0 aromatic rings. The molecule has 0 fully saturated rings. The van der Waals surface area contributed by atoms with Crippen LogP contribution in [0, 0.1) is 0 Å². The predicted molar refractivity (Wildman–Crippen MR) is 61.9 cm³/mol. The van der Waals surface area contributed by atoms with Gasteiger partial charge in [0.2, 0.25) is 0 Å². The molecule has 1 nitrogen and oxygen atoms in total. The third-order valence-corrected chi connectivity index (χ3v) is 2.94. The first kappa shape index (κ1) is 18.1. The minimum absolute atomic E-state index is 0. The predicted octanol–water partition coefficient (Wildman–Crippen LogP) is 4.46. The molecule has 0 unspecified atom stereocenters. The van der Waals surface area contributed by atoms with Crippen molar-refractivity contribution in [1.29, 1.82) is 0 Å². The van der Waals surface area contributed by atoms with Gasteiger partial charge in [0.1, 0.15) is 0 Å². The summed E-state index contributed by atoms with van der Waals surface area (Å²) in [6.07, 6.45) is 5.89. The highest BCUT2D eigenvalue weighted by atomic mass is 31.2. The Morgan fingerprint density at radius 3 is 1.83 bits per heavy atom. The fourth-order valence-electron chi connectivity index (χ4n) is 0.919. The first-order valence-corrected chi connectivity index (χ1v) is 6.89. The van der Waals surface area contributed by atoms with E-state index in [4.69, 9.17) is 0 Å². The Hall–Kier alpha value is 0.230. The molecule has 78 valence electrons. The van der Waals surface area contributed by atoms with E-state index in [0.29, 0.717) is 0 Å². The summed E-state index contributed by atoms with van der Waals surface area (Å²) in [6, 6.07) is 0. The molecule has 2 heteroatoms. The summed E-state index contributed by atoms with van der Waals surface area (Å²) in [7, 11) is -1.71. The van der Waals surface area contributed by atoms with Gasteiger partial charge in [0.25, 0.3) is 0 Å². The van der Waals surface area contributed by atoms with Crippen molar-refractivity contribution in [2.24, 2.45) is 0 Å². The van der Waals surface area contributed by atoms with Crippen LogP contribution in [0.3, 0.4) is 0 Å². The molecule has 0 spiro atoms. The standard InChI is InChI=1S/C8H19OP.2CH4/c1-4-5-6-7-8-10(2,3)9;;/h4-8H2,1-3H3;2*1H4. The third kappa shape index (κ3) is 16.7. The molecular weight excluding hydrogens is 167 g/mol. The number of hydrogen-bond donors (Lipinski definition) is 0. The van der Waals surface area contributed by atoms with Crippen LogP contribution in [0.2, 0.25) is 0 Å². The second-order valence-corrected chi connectivity index (χ2v) is 6.95. The van der Waals surface area contributed by atoms with Gasteiger partial charge in [-0.2, -0.15) is 0 Å². The fraction of sp³-hybridized carbons (Fsp3) is 1.00. The lowest BCUT2D eigenvalue weighted by Gasteiger charge is -2.04. The summed E-state index contributed by atoms with van der Waals surface area (Å²) < 4.78 is 11.2. The van der Waals surface area contributed by atoms with Gasteiger partial charge in [-0.3, -0.25) is 0 Å². The van der Waals surface area contributed by atoms with Gasteiger partial charge in [-0.25, -0.2) is 0 Å². The minimum Gasteiger partial charge on any atom is -0.324 e. The molecule has 0 aromatic carbocycles. The van der Waals surface area contributed by atoms with E-state index in [2.05, 4.69) is 6.92 Å². The highest BCUT2D eigenvalue weighted by Gasteiger charge is 2.04. The fourth-order valence-corrected chi connectivity index (χ4v) is 1.90. The lowest BCUT2D eigenvalue weighted by molar-refractivity contribution is 0.578. The van der Waals surface area contributed by atoms with E-state index in [-0.39, 0.29) is 14.9 Å². The van der Waals surface area contributed by atoms with Crippen LogP contribution in [0.5, 0.6) is 0 Å². The summed E-state index contributed by atoms with van der Waals surface area (Å²) >= 11 is 0. The van der Waals surface area contributed by atoms with Gasteiger partial charge >= 0.3 is 0 Å². The first-order chi connectivity index (χ1) is 4.56. The van der Waals surface area contributed by atoms with Crippen LogP contribution in [0.15, 0.2) is 0 Å². The molecule has 0 radical (unpaired) electrons. The second kappa shape index (κ2) is 9.32. The van der Waals surface area contributed by atoms with E-state index in [1.54, 1.807) is 0 Å². The molecule has 0 bridgehead atoms. The Balaban J connectivity index is -0.000000405. The van der Waals surface area contributed by atoms with Crippen molar-refractivity contribution in [2.45, 2.75) is 47.5 Å². The second-order valence-electron chi connectivity index (χ2n) is 3.36. The maximum Gasteiger partial charge on any atom is 0.0819 e. The molecule has 0 aromatic heterocycles. The van der Waals surface area contributed by atoms with E-state index in [1.807, 2.05) is 13.3 Å². The topological polar surface area (TPSA) is 17.1 Å². The summed E-state index contributed by atoms with van der Waals surface area (Å²) in [4.78, 5) is 0. The monoisotopic (exact) mass is 194 g/mol. The Morgan fingerprint density at radius 1 is 1.00 bits per heavy atom. The summed E-state index contributed by atoms with van der Waals surface area (Å²) in [5, 5.41) is 0. The number of rotatable bonds is 5. The highest BCUT2D eigenvalue weighted by molar-refractivity contribution is 7.62. The van der Waals surface area contributed by atoms with Crippen molar-refractivity contribution in [3.63, 3.8) is 0 Å². The third-order valence-electron chi connectivity index (χ3n) is 1.55. The van der Waals surface area contributed by atoms with Crippen LogP contribution < -0.4 is 0 Å². The maximum absolute atomic E-state index is 11.2. The first-order valence-electron chi connectivity index (χ1n) is 4.10. The van der Waals surface area contributed by atoms with Crippen molar-refractivity contribution in [1.82, 2.24) is 0 Å². The Bertz CT molecular complexity index is 115. The van der Waals surface area contributed by atoms with E-state index in [0.717, 1.165) is 12.6 Å². The molecule has 0 aliphatic carbocycles. The molecular formula is C10H27OP. The SMILES string of the molecule is C.C.CCCCCCP(C)(C)=O. The van der Waals surface area contributed by atoms with Crippen LogP contribution in [0.25, 0.3) is 0 Å². The van der Waals surface area contributed by atoms with Crippen LogP contribution in [-0.2, 0) is 4.57 Å². The Labute approximate surface area is 79.3 Å². The van der Waals surface area contributed by atoms with Crippen molar-refractivity contribution < 1.29 is 4.57 Å². The van der Waals surface area contributed by atoms with E-state index >= 15 is 0 Å². The van der Waals surface area contributed by atoms with Gasteiger partial charge in [-0.05, 0) is 19.8 Å². The summed E-state index contributed by atoms with van der Waals surface area (Å²) in [5.74, 6) is 0. The molecule has 0 saturated heterocycles. The van der Waals surface area contributed by atoms with Gasteiger partial charge in [0.15, 0.2) is 0 Å². The Morgan fingerprint density at radius 2 is 1.50 bits per heavy atom. The molecule has 0 rings (SSSR count). The molecule has 0 atom stereocenters. The van der Waals surface area contributed by atoms with Gasteiger partial charge < -0.3 is 4.57 Å². The number of hydrogen-bond acceptors (Lipinski definition) is 1. The molecule has 0 N–H and O–H groups in total. The van der Waals surface area contributed by atoms with Crippen molar-refractivity contribution in [3.05, 3.63) is 0 Å². The molecule has 0 heterocycles. The average Bonchev–Trinajstić information content (AvgIpc) is 1.78. The van der Waals surface area contributed by atoms with Crippen LogP contribution in [-0.4, -0.2) is 19.5 Å². The zero-order chi connectivity index (χ0) is 8.04. The Kier molecular flexibility index (Phi) is 14.1. The zero-order valence-electron chi connectivity index (χ0n) is 7.39. The molecule has 0 amide bonds. The lowest BCUT2D eigenvalue weighted by atomic mass is 10.2. The largest absolute Gasteiger partial charge is 0.324 e. The van der Waals surface area contributed by atoms with Gasteiger partial charge in [0, 0.05) is 6.16 Å². The van der Waals surface area contributed by atoms with E-state index in [1.165, 1.54) is 19.3 Å². The lowest BCUT2D eigenvalue weighted by Crippen LogP contribution is -1.85. The normalized spacial score (nSPS) is 9.92. The number of unbranched alkanes of at least 4 members (excludes halogenated alkanes) is 3. The van der Waals surface area contributed by atoms with Crippen molar-refractivity contribution in [2.75, 3.05) is 19.5 Å². The van der Waals surface area contributed by atoms with E-state index in [9.17, 15) is 4.57 Å². The van der Waals surface area contributed by atoms with Crippen molar-refractivity contribution in [3.8, 4) is 0 Å². The van der Waals surface area contributed by atoms with Gasteiger partial charge in [-0.1, -0.05) is 41.0 Å². The quantitative estimate of drug-likeness (QED) is 0.466. The van der Waals surface area contributed by atoms with Crippen molar-refractivity contribution >= 4 is 7.14 Å². The van der Waals surface area contributed by atoms with Crippen LogP contribution >= 0.6 is 7.14 Å². The van der Waals surface area contributed by atoms with Gasteiger partial charge in [-0.15, -0.1) is 0 Å². The minimum atomic E-state index is -1.71. The van der Waals surface area contributed by atoms with Crippen LogP contribution in [0.1, 0.15) is 47.5 Å².